The number of nitrogens with one attached hydrogen (secondary N) is 2. The molecule has 0 aliphatic heterocycles. The van der Waals surface area contributed by atoms with Gasteiger partial charge in [0.15, 0.2) is 5.96 Å². The minimum atomic E-state index is 0.845. The quantitative estimate of drug-likeness (QED) is 0.479. The van der Waals surface area contributed by atoms with Gasteiger partial charge in [0, 0.05) is 31.7 Å². The van der Waals surface area contributed by atoms with Gasteiger partial charge in [0.05, 0.1) is 5.52 Å². The smallest absolute Gasteiger partial charge is 0.190 e. The summed E-state index contributed by atoms with van der Waals surface area (Å²) in [6.45, 7) is 1.79. The van der Waals surface area contributed by atoms with Crippen LogP contribution in [0.2, 0.25) is 0 Å². The summed E-state index contributed by atoms with van der Waals surface area (Å²) in [7, 11) is 1.83. The number of pyridine rings is 1. The molecule has 132 valence electrons. The van der Waals surface area contributed by atoms with Crippen LogP contribution in [0.15, 0.2) is 53.2 Å². The highest BCUT2D eigenvalue weighted by atomic mass is 15.2. The van der Waals surface area contributed by atoms with E-state index in [4.69, 9.17) is 0 Å². The lowest BCUT2D eigenvalue weighted by Gasteiger charge is -2.15. The Balaban J connectivity index is 1.45. The van der Waals surface area contributed by atoms with E-state index < -0.39 is 0 Å². The van der Waals surface area contributed by atoms with Crippen LogP contribution in [0.3, 0.4) is 0 Å². The SMILES string of the molecule is CN=C(NCCC1=CCCCC1)NCCc1cccc2cccnc12. The number of rotatable bonds is 6. The van der Waals surface area contributed by atoms with Gasteiger partial charge in [0.1, 0.15) is 0 Å². The summed E-state index contributed by atoms with van der Waals surface area (Å²) in [5.41, 5.74) is 3.96. The summed E-state index contributed by atoms with van der Waals surface area (Å²) in [5.74, 6) is 0.879. The maximum atomic E-state index is 4.52. The van der Waals surface area contributed by atoms with Gasteiger partial charge < -0.3 is 10.6 Å². The molecule has 4 nitrogen and oxygen atoms in total. The van der Waals surface area contributed by atoms with E-state index in [1.54, 1.807) is 5.57 Å². The van der Waals surface area contributed by atoms with Crippen molar-refractivity contribution in [2.45, 2.75) is 38.5 Å². The number of allylic oxidation sites excluding steroid dienone is 1. The van der Waals surface area contributed by atoms with Crippen LogP contribution < -0.4 is 10.6 Å². The van der Waals surface area contributed by atoms with Crippen LogP contribution in [0.1, 0.15) is 37.7 Å². The molecule has 1 aromatic heterocycles. The fourth-order valence-electron chi connectivity index (χ4n) is 3.38. The first-order valence-corrected chi connectivity index (χ1v) is 9.32. The molecule has 2 N–H and O–H groups in total. The molecule has 1 aliphatic rings. The van der Waals surface area contributed by atoms with Gasteiger partial charge >= 0.3 is 0 Å². The first kappa shape index (κ1) is 17.5. The van der Waals surface area contributed by atoms with Gasteiger partial charge in [-0.3, -0.25) is 9.98 Å². The number of hydrogen-bond donors (Lipinski definition) is 2. The second kappa shape index (κ2) is 9.21. The summed E-state index contributed by atoms with van der Waals surface area (Å²) >= 11 is 0. The van der Waals surface area contributed by atoms with Crippen molar-refractivity contribution in [3.63, 3.8) is 0 Å². The molecule has 0 unspecified atom stereocenters. The van der Waals surface area contributed by atoms with Crippen molar-refractivity contribution >= 4 is 16.9 Å². The molecule has 0 atom stereocenters. The molecule has 3 rings (SSSR count). The van der Waals surface area contributed by atoms with Gasteiger partial charge in [-0.05, 0) is 50.2 Å². The molecule has 1 aromatic carbocycles. The lowest BCUT2D eigenvalue weighted by atomic mass is 9.97. The highest BCUT2D eigenvalue weighted by Crippen LogP contribution is 2.19. The van der Waals surface area contributed by atoms with E-state index in [2.05, 4.69) is 51.0 Å². The van der Waals surface area contributed by atoms with Crippen LogP contribution in [0, 0.1) is 0 Å². The first-order chi connectivity index (χ1) is 12.4. The predicted molar refractivity (Wildman–Crippen MR) is 106 cm³/mol. The molecule has 0 amide bonds. The van der Waals surface area contributed by atoms with Crippen molar-refractivity contribution in [3.05, 3.63) is 53.7 Å². The lowest BCUT2D eigenvalue weighted by molar-refractivity contribution is 0.665. The zero-order valence-electron chi connectivity index (χ0n) is 15.1. The summed E-state index contributed by atoms with van der Waals surface area (Å²) in [6.07, 6.45) is 11.5. The maximum absolute atomic E-state index is 4.52. The highest BCUT2D eigenvalue weighted by Gasteiger charge is 2.05. The molecule has 0 radical (unpaired) electrons. The Kier molecular flexibility index (Phi) is 6.43. The van der Waals surface area contributed by atoms with Crippen molar-refractivity contribution in [3.8, 4) is 0 Å². The third kappa shape index (κ3) is 5.05. The van der Waals surface area contributed by atoms with E-state index in [0.29, 0.717) is 0 Å². The monoisotopic (exact) mass is 336 g/mol. The fourth-order valence-corrected chi connectivity index (χ4v) is 3.38. The molecule has 2 aromatic rings. The minimum absolute atomic E-state index is 0.845. The van der Waals surface area contributed by atoms with Crippen LogP contribution in [0.25, 0.3) is 10.9 Å². The average molecular weight is 336 g/mol. The molecule has 0 saturated heterocycles. The van der Waals surface area contributed by atoms with Gasteiger partial charge in [-0.2, -0.15) is 0 Å². The summed E-state index contributed by atoms with van der Waals surface area (Å²) in [5, 5.41) is 8.03. The molecule has 1 aliphatic carbocycles. The number of benzene rings is 1. The van der Waals surface area contributed by atoms with Crippen LogP contribution in [0.4, 0.5) is 0 Å². The third-order valence-corrected chi connectivity index (χ3v) is 4.75. The molecule has 0 saturated carbocycles. The van der Waals surface area contributed by atoms with Crippen molar-refractivity contribution in [1.29, 1.82) is 0 Å². The van der Waals surface area contributed by atoms with Gasteiger partial charge in [0.2, 0.25) is 0 Å². The second-order valence-electron chi connectivity index (χ2n) is 6.53. The number of para-hydroxylation sites is 1. The van der Waals surface area contributed by atoms with E-state index in [0.717, 1.165) is 37.4 Å². The molecule has 0 fully saturated rings. The Morgan fingerprint density at radius 3 is 2.72 bits per heavy atom. The van der Waals surface area contributed by atoms with E-state index in [9.17, 15) is 0 Å². The topological polar surface area (TPSA) is 49.3 Å². The summed E-state index contributed by atoms with van der Waals surface area (Å²) in [6, 6.07) is 10.5. The van der Waals surface area contributed by atoms with E-state index >= 15 is 0 Å². The van der Waals surface area contributed by atoms with Crippen LogP contribution >= 0.6 is 0 Å². The highest BCUT2D eigenvalue weighted by molar-refractivity contribution is 5.82. The first-order valence-electron chi connectivity index (χ1n) is 9.32. The Labute approximate surface area is 150 Å². The van der Waals surface area contributed by atoms with Crippen LogP contribution in [-0.4, -0.2) is 31.1 Å². The van der Waals surface area contributed by atoms with Gasteiger partial charge in [-0.25, -0.2) is 0 Å². The van der Waals surface area contributed by atoms with E-state index in [1.165, 1.54) is 36.6 Å². The zero-order valence-corrected chi connectivity index (χ0v) is 15.1. The Morgan fingerprint density at radius 1 is 1.08 bits per heavy atom. The number of nitrogens with zero attached hydrogens (tertiary/aromatic N) is 2. The summed E-state index contributed by atoms with van der Waals surface area (Å²) < 4.78 is 0. The molecule has 25 heavy (non-hydrogen) atoms. The number of hydrogen-bond acceptors (Lipinski definition) is 2. The van der Waals surface area contributed by atoms with Crippen molar-refractivity contribution < 1.29 is 0 Å². The Morgan fingerprint density at radius 2 is 1.92 bits per heavy atom. The molecule has 0 bridgehead atoms. The van der Waals surface area contributed by atoms with Gasteiger partial charge in [-0.1, -0.05) is 35.9 Å². The van der Waals surface area contributed by atoms with E-state index in [1.807, 2.05) is 19.3 Å². The lowest BCUT2D eigenvalue weighted by Crippen LogP contribution is -2.38. The molecule has 4 heteroatoms. The maximum Gasteiger partial charge on any atom is 0.190 e. The van der Waals surface area contributed by atoms with Gasteiger partial charge in [0.25, 0.3) is 0 Å². The summed E-state index contributed by atoms with van der Waals surface area (Å²) in [4.78, 5) is 8.84. The van der Waals surface area contributed by atoms with Crippen LogP contribution in [0.5, 0.6) is 0 Å². The molecular weight excluding hydrogens is 308 g/mol. The molecule has 0 spiro atoms. The Bertz CT molecular complexity index is 743. The molecule has 1 heterocycles. The standard InChI is InChI=1S/C21H28N4/c1-22-21(24-15-12-17-7-3-2-4-8-17)25-16-13-19-10-5-9-18-11-6-14-23-20(18)19/h5-7,9-11,14H,2-4,8,12-13,15-16H2,1H3,(H2,22,24,25). The van der Waals surface area contributed by atoms with Crippen LogP contribution in [-0.2, 0) is 6.42 Å². The van der Waals surface area contributed by atoms with Crippen molar-refractivity contribution in [2.24, 2.45) is 4.99 Å². The number of fused-ring (bicyclic) bond motifs is 1. The number of aromatic nitrogens is 1. The zero-order chi connectivity index (χ0) is 17.3. The predicted octanol–water partition coefficient (Wildman–Crippen LogP) is 3.83. The number of aliphatic imine (C=N–C) groups is 1. The Hall–Kier alpha value is -2.36. The second-order valence-corrected chi connectivity index (χ2v) is 6.53. The van der Waals surface area contributed by atoms with Gasteiger partial charge in [-0.15, -0.1) is 0 Å². The number of guanidine groups is 1. The molecular formula is C21H28N4. The van der Waals surface area contributed by atoms with E-state index in [-0.39, 0.29) is 0 Å². The minimum Gasteiger partial charge on any atom is -0.356 e. The normalized spacial score (nSPS) is 15.1. The largest absolute Gasteiger partial charge is 0.356 e. The average Bonchev–Trinajstić information content (AvgIpc) is 2.68. The fraction of sp³-hybridized carbons (Fsp3) is 0.429. The van der Waals surface area contributed by atoms with Crippen molar-refractivity contribution in [1.82, 2.24) is 15.6 Å². The van der Waals surface area contributed by atoms with Crippen molar-refractivity contribution in [2.75, 3.05) is 20.1 Å². The third-order valence-electron chi connectivity index (χ3n) is 4.75.